The minimum absolute atomic E-state index is 0.377. The zero-order chi connectivity index (χ0) is 14.0. The molecule has 0 spiro atoms. The van der Waals surface area contributed by atoms with E-state index < -0.39 is 0 Å². The van der Waals surface area contributed by atoms with E-state index in [4.69, 9.17) is 23.2 Å². The molecule has 0 aliphatic heterocycles. The summed E-state index contributed by atoms with van der Waals surface area (Å²) in [6, 6.07) is 5.79. The molecule has 0 aliphatic rings. The van der Waals surface area contributed by atoms with Gasteiger partial charge in [-0.2, -0.15) is 0 Å². The fourth-order valence-corrected chi connectivity index (χ4v) is 2.69. The first-order valence-corrected chi connectivity index (χ1v) is 7.27. The summed E-state index contributed by atoms with van der Waals surface area (Å²) in [4.78, 5) is 4.67. The molecular weight excluding hydrogens is 279 g/mol. The van der Waals surface area contributed by atoms with Crippen LogP contribution in [0, 0.1) is 0 Å². The largest absolute Gasteiger partial charge is 0.313 e. The van der Waals surface area contributed by atoms with Gasteiger partial charge in [-0.25, -0.2) is 0 Å². The Morgan fingerprint density at radius 1 is 1.21 bits per heavy atom. The van der Waals surface area contributed by atoms with Crippen molar-refractivity contribution in [3.8, 4) is 0 Å². The SMILES string of the molecule is CCNCc1cc(C(C)C)nc2cc(Cl)cc(Cl)c12. The van der Waals surface area contributed by atoms with E-state index in [-0.39, 0.29) is 0 Å². The third-order valence-corrected chi connectivity index (χ3v) is 3.60. The molecule has 0 amide bonds. The molecule has 0 saturated heterocycles. The van der Waals surface area contributed by atoms with Crippen molar-refractivity contribution in [2.45, 2.75) is 33.2 Å². The van der Waals surface area contributed by atoms with Crippen molar-refractivity contribution in [1.29, 1.82) is 0 Å². The van der Waals surface area contributed by atoms with E-state index in [2.05, 4.69) is 37.1 Å². The summed E-state index contributed by atoms with van der Waals surface area (Å²) in [5.41, 5.74) is 3.12. The van der Waals surface area contributed by atoms with Gasteiger partial charge in [-0.1, -0.05) is 44.0 Å². The molecule has 2 aromatic rings. The number of aromatic nitrogens is 1. The first-order chi connectivity index (χ1) is 9.02. The Labute approximate surface area is 124 Å². The maximum absolute atomic E-state index is 6.33. The van der Waals surface area contributed by atoms with Crippen molar-refractivity contribution in [2.75, 3.05) is 6.54 Å². The number of nitrogens with one attached hydrogen (secondary N) is 1. The Morgan fingerprint density at radius 2 is 1.95 bits per heavy atom. The van der Waals surface area contributed by atoms with Crippen molar-refractivity contribution < 1.29 is 0 Å². The van der Waals surface area contributed by atoms with Crippen LogP contribution in [-0.2, 0) is 6.54 Å². The summed E-state index contributed by atoms with van der Waals surface area (Å²) in [6.07, 6.45) is 0. The second-order valence-electron chi connectivity index (χ2n) is 4.92. The van der Waals surface area contributed by atoms with E-state index in [1.165, 1.54) is 5.56 Å². The normalized spacial score (nSPS) is 11.5. The second kappa shape index (κ2) is 6.08. The van der Waals surface area contributed by atoms with Crippen LogP contribution in [0.2, 0.25) is 10.0 Å². The number of pyridine rings is 1. The summed E-state index contributed by atoms with van der Waals surface area (Å²) in [5, 5.41) is 5.63. The van der Waals surface area contributed by atoms with Crippen LogP contribution in [0.1, 0.15) is 37.9 Å². The molecule has 102 valence electrons. The molecule has 0 atom stereocenters. The van der Waals surface area contributed by atoms with Crippen LogP contribution in [0.15, 0.2) is 18.2 Å². The lowest BCUT2D eigenvalue weighted by Gasteiger charge is -2.13. The number of fused-ring (bicyclic) bond motifs is 1. The van der Waals surface area contributed by atoms with E-state index in [9.17, 15) is 0 Å². The van der Waals surface area contributed by atoms with E-state index in [0.29, 0.717) is 16.0 Å². The van der Waals surface area contributed by atoms with Crippen molar-refractivity contribution in [3.63, 3.8) is 0 Å². The molecule has 0 saturated carbocycles. The maximum atomic E-state index is 6.33. The Balaban J connectivity index is 2.67. The van der Waals surface area contributed by atoms with Crippen molar-refractivity contribution in [3.05, 3.63) is 39.5 Å². The van der Waals surface area contributed by atoms with Crippen LogP contribution >= 0.6 is 23.2 Å². The number of rotatable bonds is 4. The fraction of sp³-hybridized carbons (Fsp3) is 0.400. The highest BCUT2D eigenvalue weighted by Crippen LogP contribution is 2.31. The number of benzene rings is 1. The van der Waals surface area contributed by atoms with E-state index in [0.717, 1.165) is 29.7 Å². The number of hydrogen-bond donors (Lipinski definition) is 1. The molecule has 19 heavy (non-hydrogen) atoms. The van der Waals surface area contributed by atoms with Crippen molar-refractivity contribution >= 4 is 34.1 Å². The molecule has 0 radical (unpaired) electrons. The summed E-state index contributed by atoms with van der Waals surface area (Å²) in [5.74, 6) is 0.377. The van der Waals surface area contributed by atoms with E-state index in [1.54, 1.807) is 6.07 Å². The Bertz CT molecular complexity index is 594. The summed E-state index contributed by atoms with van der Waals surface area (Å²) >= 11 is 12.4. The fourth-order valence-electron chi connectivity index (χ4n) is 2.08. The Hall–Kier alpha value is -0.830. The number of halogens is 2. The van der Waals surface area contributed by atoms with Gasteiger partial charge in [0.05, 0.1) is 10.5 Å². The smallest absolute Gasteiger partial charge is 0.0738 e. The van der Waals surface area contributed by atoms with Crippen LogP contribution < -0.4 is 5.32 Å². The predicted octanol–water partition coefficient (Wildman–Crippen LogP) is 4.77. The summed E-state index contributed by atoms with van der Waals surface area (Å²) in [7, 11) is 0. The predicted molar refractivity (Wildman–Crippen MR) is 83.2 cm³/mol. The molecule has 0 unspecified atom stereocenters. The topological polar surface area (TPSA) is 24.9 Å². The Kier molecular flexibility index (Phi) is 4.67. The molecule has 2 nitrogen and oxygen atoms in total. The lowest BCUT2D eigenvalue weighted by atomic mass is 10.0. The van der Waals surface area contributed by atoms with Crippen LogP contribution in [0.3, 0.4) is 0 Å². The highest BCUT2D eigenvalue weighted by molar-refractivity contribution is 6.38. The highest BCUT2D eigenvalue weighted by atomic mass is 35.5. The zero-order valence-electron chi connectivity index (χ0n) is 11.4. The minimum atomic E-state index is 0.377. The minimum Gasteiger partial charge on any atom is -0.313 e. The maximum Gasteiger partial charge on any atom is 0.0738 e. The van der Waals surface area contributed by atoms with Gasteiger partial charge in [-0.15, -0.1) is 0 Å². The van der Waals surface area contributed by atoms with Crippen LogP contribution in [-0.4, -0.2) is 11.5 Å². The van der Waals surface area contributed by atoms with Gasteiger partial charge in [-0.3, -0.25) is 4.98 Å². The lowest BCUT2D eigenvalue weighted by Crippen LogP contribution is -2.13. The van der Waals surface area contributed by atoms with Gasteiger partial charge >= 0.3 is 0 Å². The molecular formula is C15H18Cl2N2. The quantitative estimate of drug-likeness (QED) is 0.879. The average molecular weight is 297 g/mol. The van der Waals surface area contributed by atoms with Gasteiger partial charge in [0.15, 0.2) is 0 Å². The van der Waals surface area contributed by atoms with Gasteiger partial charge in [0.25, 0.3) is 0 Å². The van der Waals surface area contributed by atoms with Crippen molar-refractivity contribution in [2.24, 2.45) is 0 Å². The van der Waals surface area contributed by atoms with Gasteiger partial charge in [0.1, 0.15) is 0 Å². The molecule has 1 N–H and O–H groups in total. The van der Waals surface area contributed by atoms with Crippen molar-refractivity contribution in [1.82, 2.24) is 10.3 Å². The van der Waals surface area contributed by atoms with E-state index >= 15 is 0 Å². The van der Waals surface area contributed by atoms with E-state index in [1.807, 2.05) is 6.07 Å². The number of nitrogens with zero attached hydrogens (tertiary/aromatic N) is 1. The average Bonchev–Trinajstić information content (AvgIpc) is 2.34. The zero-order valence-corrected chi connectivity index (χ0v) is 12.9. The van der Waals surface area contributed by atoms with Crippen LogP contribution in [0.5, 0.6) is 0 Å². The standard InChI is InChI=1S/C15H18Cl2N2/c1-4-18-8-10-5-13(9(2)3)19-14-7-11(16)6-12(17)15(10)14/h5-7,9,18H,4,8H2,1-3H3. The molecule has 4 heteroatoms. The number of hydrogen-bond acceptors (Lipinski definition) is 2. The van der Waals surface area contributed by atoms with Gasteiger partial charge < -0.3 is 5.32 Å². The van der Waals surface area contributed by atoms with Gasteiger partial charge in [0, 0.05) is 22.6 Å². The first kappa shape index (κ1) is 14.6. The molecule has 0 bridgehead atoms. The monoisotopic (exact) mass is 296 g/mol. The summed E-state index contributed by atoms with van der Waals surface area (Å²) < 4.78 is 0. The molecule has 2 rings (SSSR count). The Morgan fingerprint density at radius 3 is 2.58 bits per heavy atom. The molecule has 0 aliphatic carbocycles. The van der Waals surface area contributed by atoms with Crippen LogP contribution in [0.4, 0.5) is 0 Å². The molecule has 1 aromatic carbocycles. The lowest BCUT2D eigenvalue weighted by molar-refractivity contribution is 0.726. The van der Waals surface area contributed by atoms with Gasteiger partial charge in [-0.05, 0) is 36.2 Å². The molecule has 1 aromatic heterocycles. The first-order valence-electron chi connectivity index (χ1n) is 6.52. The van der Waals surface area contributed by atoms with Crippen LogP contribution in [0.25, 0.3) is 10.9 Å². The molecule has 0 fully saturated rings. The highest BCUT2D eigenvalue weighted by Gasteiger charge is 2.12. The third kappa shape index (κ3) is 3.19. The second-order valence-corrected chi connectivity index (χ2v) is 5.77. The van der Waals surface area contributed by atoms with Gasteiger partial charge in [0.2, 0.25) is 0 Å². The summed E-state index contributed by atoms with van der Waals surface area (Å²) in [6.45, 7) is 8.07. The molecule has 1 heterocycles. The third-order valence-electron chi connectivity index (χ3n) is 3.08.